The fraction of sp³-hybridized carbons (Fsp3) is 0.500. The Labute approximate surface area is 95.8 Å². The zero-order valence-electron chi connectivity index (χ0n) is 10.1. The summed E-state index contributed by atoms with van der Waals surface area (Å²) in [6.45, 7) is 1.84. The molecule has 0 amide bonds. The summed E-state index contributed by atoms with van der Waals surface area (Å²) in [4.78, 5) is 0. The van der Waals surface area contributed by atoms with Crippen LogP contribution in [-0.4, -0.2) is 33.0 Å². The van der Waals surface area contributed by atoms with Crippen LogP contribution in [0.1, 0.15) is 17.2 Å². The van der Waals surface area contributed by atoms with Crippen LogP contribution in [0.3, 0.4) is 0 Å². The van der Waals surface area contributed by atoms with Gasteiger partial charge in [-0.25, -0.2) is 0 Å². The number of hydrogen-bond acceptors (Lipinski definition) is 4. The molecule has 4 nitrogen and oxygen atoms in total. The Morgan fingerprint density at radius 3 is 2.19 bits per heavy atom. The second-order valence-electron chi connectivity index (χ2n) is 3.47. The van der Waals surface area contributed by atoms with E-state index in [-0.39, 0.29) is 6.61 Å². The molecule has 16 heavy (non-hydrogen) atoms. The molecule has 0 spiro atoms. The van der Waals surface area contributed by atoms with Crippen molar-refractivity contribution in [3.05, 3.63) is 23.3 Å². The number of aliphatic hydroxyl groups is 1. The van der Waals surface area contributed by atoms with Crippen LogP contribution in [0, 0.1) is 6.92 Å². The third-order valence-corrected chi connectivity index (χ3v) is 2.54. The van der Waals surface area contributed by atoms with Crippen LogP contribution in [-0.2, 0) is 4.74 Å². The van der Waals surface area contributed by atoms with Gasteiger partial charge in [0.2, 0.25) is 0 Å². The van der Waals surface area contributed by atoms with Gasteiger partial charge in [-0.05, 0) is 24.6 Å². The highest BCUT2D eigenvalue weighted by Crippen LogP contribution is 2.33. The van der Waals surface area contributed by atoms with E-state index in [1.807, 2.05) is 19.1 Å². The molecular formula is C12H18O4. The zero-order chi connectivity index (χ0) is 12.1. The molecule has 1 atom stereocenters. The third kappa shape index (κ3) is 2.46. The van der Waals surface area contributed by atoms with Crippen LogP contribution < -0.4 is 9.47 Å². The summed E-state index contributed by atoms with van der Waals surface area (Å²) in [6.07, 6.45) is -0.399. The monoisotopic (exact) mass is 226 g/mol. The van der Waals surface area contributed by atoms with Crippen molar-refractivity contribution >= 4 is 0 Å². The Morgan fingerprint density at radius 1 is 1.12 bits per heavy atom. The van der Waals surface area contributed by atoms with Crippen LogP contribution >= 0.6 is 0 Å². The summed E-state index contributed by atoms with van der Waals surface area (Å²) in [5.41, 5.74) is 1.77. The highest BCUT2D eigenvalue weighted by molar-refractivity contribution is 5.47. The highest BCUT2D eigenvalue weighted by Gasteiger charge is 2.17. The Balaban J connectivity index is 3.23. The molecule has 1 rings (SSSR count). The van der Waals surface area contributed by atoms with E-state index in [1.165, 1.54) is 0 Å². The van der Waals surface area contributed by atoms with Crippen LogP contribution in [0.2, 0.25) is 0 Å². The number of methoxy groups -OCH3 is 3. The molecule has 1 aromatic carbocycles. The van der Waals surface area contributed by atoms with Gasteiger partial charge < -0.3 is 19.3 Å². The van der Waals surface area contributed by atoms with E-state index in [4.69, 9.17) is 14.2 Å². The average Bonchev–Trinajstić information content (AvgIpc) is 2.31. The lowest BCUT2D eigenvalue weighted by Gasteiger charge is -2.18. The fourth-order valence-electron chi connectivity index (χ4n) is 1.63. The van der Waals surface area contributed by atoms with Crippen LogP contribution in [0.15, 0.2) is 12.1 Å². The molecule has 0 heterocycles. The van der Waals surface area contributed by atoms with E-state index in [2.05, 4.69) is 0 Å². The van der Waals surface area contributed by atoms with Crippen molar-refractivity contribution in [3.63, 3.8) is 0 Å². The van der Waals surface area contributed by atoms with Gasteiger partial charge in [0.15, 0.2) is 0 Å². The number of ether oxygens (including phenoxy) is 3. The lowest BCUT2D eigenvalue weighted by Crippen LogP contribution is -2.08. The van der Waals surface area contributed by atoms with Gasteiger partial charge in [0.25, 0.3) is 0 Å². The molecule has 1 unspecified atom stereocenters. The molecule has 0 aliphatic heterocycles. The largest absolute Gasteiger partial charge is 0.496 e. The normalized spacial score (nSPS) is 12.3. The molecule has 90 valence electrons. The summed E-state index contributed by atoms with van der Waals surface area (Å²) in [5.74, 6) is 1.45. The minimum atomic E-state index is -0.399. The van der Waals surface area contributed by atoms with E-state index < -0.39 is 6.10 Å². The minimum Gasteiger partial charge on any atom is -0.496 e. The molecular weight excluding hydrogens is 208 g/mol. The van der Waals surface area contributed by atoms with E-state index in [0.29, 0.717) is 5.75 Å². The quantitative estimate of drug-likeness (QED) is 0.830. The van der Waals surface area contributed by atoms with Crippen molar-refractivity contribution in [2.45, 2.75) is 13.0 Å². The van der Waals surface area contributed by atoms with Crippen molar-refractivity contribution in [3.8, 4) is 11.5 Å². The molecule has 1 N–H and O–H groups in total. The molecule has 0 saturated carbocycles. The Kier molecular flexibility index (Phi) is 4.58. The van der Waals surface area contributed by atoms with E-state index in [1.54, 1.807) is 21.3 Å². The van der Waals surface area contributed by atoms with Gasteiger partial charge >= 0.3 is 0 Å². The lowest BCUT2D eigenvalue weighted by atomic mass is 10.0. The molecule has 0 fully saturated rings. The van der Waals surface area contributed by atoms with Crippen molar-refractivity contribution < 1.29 is 19.3 Å². The number of aliphatic hydroxyl groups excluding tert-OH is 1. The smallest absolute Gasteiger partial charge is 0.125 e. The van der Waals surface area contributed by atoms with Gasteiger partial charge in [0.1, 0.15) is 17.6 Å². The standard InChI is InChI=1S/C12H18O4/c1-8-5-11(15-3)9(6-10(8)14-2)12(7-13)16-4/h5-6,12-13H,7H2,1-4H3. The lowest BCUT2D eigenvalue weighted by molar-refractivity contribution is 0.0465. The van der Waals surface area contributed by atoms with Crippen LogP contribution in [0.5, 0.6) is 11.5 Å². The molecule has 0 aromatic heterocycles. The summed E-state index contributed by atoms with van der Waals surface area (Å²) in [6, 6.07) is 3.70. The molecule has 0 saturated heterocycles. The molecule has 0 radical (unpaired) electrons. The first-order valence-corrected chi connectivity index (χ1v) is 5.04. The third-order valence-electron chi connectivity index (χ3n) is 2.54. The van der Waals surface area contributed by atoms with E-state index in [0.717, 1.165) is 16.9 Å². The predicted molar refractivity (Wildman–Crippen MR) is 61.1 cm³/mol. The fourth-order valence-corrected chi connectivity index (χ4v) is 1.63. The average molecular weight is 226 g/mol. The number of rotatable bonds is 5. The maximum Gasteiger partial charge on any atom is 0.125 e. The van der Waals surface area contributed by atoms with E-state index >= 15 is 0 Å². The summed E-state index contributed by atoms with van der Waals surface area (Å²) >= 11 is 0. The second-order valence-corrected chi connectivity index (χ2v) is 3.47. The number of hydrogen-bond donors (Lipinski definition) is 1. The maximum atomic E-state index is 9.21. The Bertz CT molecular complexity index is 345. The van der Waals surface area contributed by atoms with Crippen LogP contribution in [0.25, 0.3) is 0 Å². The molecule has 0 bridgehead atoms. The van der Waals surface area contributed by atoms with Crippen molar-refractivity contribution in [2.75, 3.05) is 27.9 Å². The molecule has 0 aliphatic rings. The highest BCUT2D eigenvalue weighted by atomic mass is 16.5. The van der Waals surface area contributed by atoms with Crippen LogP contribution in [0.4, 0.5) is 0 Å². The zero-order valence-corrected chi connectivity index (χ0v) is 10.1. The Morgan fingerprint density at radius 2 is 1.75 bits per heavy atom. The van der Waals surface area contributed by atoms with Gasteiger partial charge in [-0.1, -0.05) is 0 Å². The predicted octanol–water partition coefficient (Wildman–Crippen LogP) is 1.69. The first-order chi connectivity index (χ1) is 7.67. The first-order valence-electron chi connectivity index (χ1n) is 5.04. The maximum absolute atomic E-state index is 9.21. The summed E-state index contributed by atoms with van der Waals surface area (Å²) < 4.78 is 15.7. The van der Waals surface area contributed by atoms with Gasteiger partial charge in [-0.3, -0.25) is 0 Å². The number of benzene rings is 1. The van der Waals surface area contributed by atoms with Crippen molar-refractivity contribution in [1.29, 1.82) is 0 Å². The SMILES string of the molecule is COc1cc(C(CO)OC)c(OC)cc1C. The topological polar surface area (TPSA) is 47.9 Å². The summed E-state index contributed by atoms with van der Waals surface area (Å²) in [5, 5.41) is 9.21. The van der Waals surface area contributed by atoms with Gasteiger partial charge in [-0.2, -0.15) is 0 Å². The summed E-state index contributed by atoms with van der Waals surface area (Å²) in [7, 11) is 4.75. The van der Waals surface area contributed by atoms with Gasteiger partial charge in [0, 0.05) is 12.7 Å². The van der Waals surface area contributed by atoms with Gasteiger partial charge in [0.05, 0.1) is 20.8 Å². The van der Waals surface area contributed by atoms with Crippen molar-refractivity contribution in [2.24, 2.45) is 0 Å². The first kappa shape index (κ1) is 12.8. The van der Waals surface area contributed by atoms with Crippen molar-refractivity contribution in [1.82, 2.24) is 0 Å². The molecule has 4 heteroatoms. The molecule has 1 aromatic rings. The minimum absolute atomic E-state index is 0.0981. The Hall–Kier alpha value is -1.26. The second kappa shape index (κ2) is 5.72. The molecule has 0 aliphatic carbocycles. The van der Waals surface area contributed by atoms with E-state index in [9.17, 15) is 5.11 Å². The van der Waals surface area contributed by atoms with Gasteiger partial charge in [-0.15, -0.1) is 0 Å². The number of aryl methyl sites for hydroxylation is 1.